The van der Waals surface area contributed by atoms with Crippen LogP contribution in [0.4, 0.5) is 0 Å². The van der Waals surface area contributed by atoms with Crippen LogP contribution in [0.15, 0.2) is 24.8 Å². The molecule has 0 aliphatic heterocycles. The lowest BCUT2D eigenvalue weighted by molar-refractivity contribution is 0.586. The van der Waals surface area contributed by atoms with Gasteiger partial charge in [-0.25, -0.2) is 0 Å². The highest BCUT2D eigenvalue weighted by atomic mass is 14.2. The Hall–Kier alpha value is -1.04. The number of rotatable bonds is 1. The molecule has 0 aliphatic rings. The summed E-state index contributed by atoms with van der Waals surface area (Å²) in [6.07, 6.45) is 1.92. The lowest BCUT2D eigenvalue weighted by Gasteiger charge is -2.22. The first kappa shape index (κ1) is 10.0. The fourth-order valence-corrected chi connectivity index (χ4v) is 1.69. The Balaban J connectivity index is 3.32. The zero-order valence-corrected chi connectivity index (χ0v) is 9.02. The normalized spacial score (nSPS) is 11.4. The molecule has 0 radical (unpaired) electrons. The van der Waals surface area contributed by atoms with E-state index >= 15 is 0 Å². The van der Waals surface area contributed by atoms with Crippen molar-refractivity contribution in [3.63, 3.8) is 0 Å². The van der Waals surface area contributed by atoms with Gasteiger partial charge in [-0.1, -0.05) is 51.6 Å². The lowest BCUT2D eigenvalue weighted by Crippen LogP contribution is -2.13. The number of hydrogen-bond donors (Lipinski definition) is 0. The molecule has 1 aromatic rings. The van der Waals surface area contributed by atoms with E-state index in [0.29, 0.717) is 0 Å². The Kier molecular flexibility index (Phi) is 2.60. The van der Waals surface area contributed by atoms with Gasteiger partial charge in [0, 0.05) is 0 Å². The van der Waals surface area contributed by atoms with Crippen molar-refractivity contribution in [1.29, 1.82) is 0 Å². The maximum atomic E-state index is 3.81. The predicted octanol–water partition coefficient (Wildman–Crippen LogP) is 3.94. The van der Waals surface area contributed by atoms with Gasteiger partial charge in [-0.3, -0.25) is 0 Å². The van der Waals surface area contributed by atoms with Gasteiger partial charge in [0.1, 0.15) is 0 Å². The molecular formula is C13H18. The van der Waals surface area contributed by atoms with Crippen molar-refractivity contribution >= 4 is 6.08 Å². The molecule has 0 unspecified atom stereocenters. The van der Waals surface area contributed by atoms with Crippen molar-refractivity contribution in [3.05, 3.63) is 41.5 Å². The summed E-state index contributed by atoms with van der Waals surface area (Å²) in [6, 6.07) is 6.41. The lowest BCUT2D eigenvalue weighted by atomic mass is 9.83. The molecule has 0 saturated carbocycles. The van der Waals surface area contributed by atoms with E-state index in [4.69, 9.17) is 0 Å². The molecule has 0 atom stereocenters. The van der Waals surface area contributed by atoms with Crippen molar-refractivity contribution in [1.82, 2.24) is 0 Å². The molecule has 0 heterocycles. The van der Waals surface area contributed by atoms with Crippen LogP contribution in [-0.4, -0.2) is 0 Å². The average molecular weight is 174 g/mol. The standard InChI is InChI=1S/C13H18/c1-6-11-8-7-9-12(10(11)2)13(3,4)5/h6-9H,1H2,2-5H3. The first-order valence-corrected chi connectivity index (χ1v) is 4.69. The molecule has 0 fully saturated rings. The molecular weight excluding hydrogens is 156 g/mol. The fourth-order valence-electron chi connectivity index (χ4n) is 1.69. The largest absolute Gasteiger partial charge is 0.0985 e. The molecule has 70 valence electrons. The Labute approximate surface area is 81.3 Å². The molecule has 13 heavy (non-hydrogen) atoms. The zero-order valence-electron chi connectivity index (χ0n) is 9.02. The topological polar surface area (TPSA) is 0 Å². The van der Waals surface area contributed by atoms with E-state index in [-0.39, 0.29) is 5.41 Å². The number of benzene rings is 1. The summed E-state index contributed by atoms with van der Waals surface area (Å²) in [4.78, 5) is 0. The van der Waals surface area contributed by atoms with E-state index in [2.05, 4.69) is 52.5 Å². The van der Waals surface area contributed by atoms with E-state index in [0.717, 1.165) is 0 Å². The Morgan fingerprint density at radius 1 is 1.23 bits per heavy atom. The van der Waals surface area contributed by atoms with Crippen molar-refractivity contribution in [2.24, 2.45) is 0 Å². The fraction of sp³-hybridized carbons (Fsp3) is 0.385. The van der Waals surface area contributed by atoms with Crippen LogP contribution in [0.25, 0.3) is 6.08 Å². The van der Waals surface area contributed by atoms with Crippen molar-refractivity contribution in [2.45, 2.75) is 33.1 Å². The summed E-state index contributed by atoms with van der Waals surface area (Å²) >= 11 is 0. The van der Waals surface area contributed by atoms with Crippen LogP contribution in [0.3, 0.4) is 0 Å². The second kappa shape index (κ2) is 3.37. The molecule has 0 bridgehead atoms. The van der Waals surface area contributed by atoms with E-state index in [1.807, 2.05) is 6.08 Å². The molecule has 0 saturated heterocycles. The Morgan fingerprint density at radius 3 is 2.31 bits per heavy atom. The summed E-state index contributed by atoms with van der Waals surface area (Å²) in [5.41, 5.74) is 4.23. The van der Waals surface area contributed by atoms with Gasteiger partial charge >= 0.3 is 0 Å². The summed E-state index contributed by atoms with van der Waals surface area (Å²) in [5.74, 6) is 0. The minimum absolute atomic E-state index is 0.225. The van der Waals surface area contributed by atoms with Crippen LogP contribution in [0.2, 0.25) is 0 Å². The Bertz CT molecular complexity index is 313. The molecule has 0 heteroatoms. The third-order valence-electron chi connectivity index (χ3n) is 2.40. The molecule has 1 aromatic carbocycles. The van der Waals surface area contributed by atoms with Gasteiger partial charge < -0.3 is 0 Å². The van der Waals surface area contributed by atoms with Gasteiger partial charge in [0.2, 0.25) is 0 Å². The summed E-state index contributed by atoms with van der Waals surface area (Å²) < 4.78 is 0. The predicted molar refractivity (Wildman–Crippen MR) is 60.0 cm³/mol. The molecule has 0 aromatic heterocycles. The van der Waals surface area contributed by atoms with E-state index in [1.54, 1.807) is 0 Å². The van der Waals surface area contributed by atoms with Crippen molar-refractivity contribution < 1.29 is 0 Å². The molecule has 0 spiro atoms. The quantitative estimate of drug-likeness (QED) is 0.605. The monoisotopic (exact) mass is 174 g/mol. The van der Waals surface area contributed by atoms with Gasteiger partial charge in [-0.2, -0.15) is 0 Å². The van der Waals surface area contributed by atoms with Gasteiger partial charge in [0.05, 0.1) is 0 Å². The third kappa shape index (κ3) is 2.00. The summed E-state index contributed by atoms with van der Waals surface area (Å²) in [5, 5.41) is 0. The highest BCUT2D eigenvalue weighted by Gasteiger charge is 2.16. The number of hydrogen-bond acceptors (Lipinski definition) is 0. The van der Waals surface area contributed by atoms with Crippen LogP contribution >= 0.6 is 0 Å². The van der Waals surface area contributed by atoms with Crippen LogP contribution < -0.4 is 0 Å². The first-order valence-electron chi connectivity index (χ1n) is 4.69. The second-order valence-electron chi connectivity index (χ2n) is 4.47. The molecule has 0 amide bonds. The van der Waals surface area contributed by atoms with E-state index in [1.165, 1.54) is 16.7 Å². The second-order valence-corrected chi connectivity index (χ2v) is 4.47. The smallest absolute Gasteiger partial charge is 0.0129 e. The maximum Gasteiger partial charge on any atom is -0.0129 e. The summed E-state index contributed by atoms with van der Waals surface area (Å²) in [7, 11) is 0. The molecule has 1 rings (SSSR count). The van der Waals surface area contributed by atoms with Crippen molar-refractivity contribution in [2.75, 3.05) is 0 Å². The maximum absolute atomic E-state index is 3.81. The molecule has 0 nitrogen and oxygen atoms in total. The Morgan fingerprint density at radius 2 is 1.85 bits per heavy atom. The van der Waals surface area contributed by atoms with Crippen LogP contribution in [-0.2, 0) is 5.41 Å². The van der Waals surface area contributed by atoms with E-state index < -0.39 is 0 Å². The SMILES string of the molecule is C=Cc1cccc(C(C)(C)C)c1C. The third-order valence-corrected chi connectivity index (χ3v) is 2.40. The summed E-state index contributed by atoms with van der Waals surface area (Å²) in [6.45, 7) is 12.7. The average Bonchev–Trinajstić information content (AvgIpc) is 2.02. The highest BCUT2D eigenvalue weighted by molar-refractivity contribution is 5.54. The van der Waals surface area contributed by atoms with Gasteiger partial charge in [0.25, 0.3) is 0 Å². The van der Waals surface area contributed by atoms with Crippen LogP contribution in [0.1, 0.15) is 37.5 Å². The van der Waals surface area contributed by atoms with Gasteiger partial charge in [0.15, 0.2) is 0 Å². The molecule has 0 N–H and O–H groups in total. The minimum Gasteiger partial charge on any atom is -0.0985 e. The van der Waals surface area contributed by atoms with Gasteiger partial charge in [-0.05, 0) is 29.0 Å². The van der Waals surface area contributed by atoms with Gasteiger partial charge in [-0.15, -0.1) is 0 Å². The highest BCUT2D eigenvalue weighted by Crippen LogP contribution is 2.27. The zero-order chi connectivity index (χ0) is 10.1. The van der Waals surface area contributed by atoms with E-state index in [9.17, 15) is 0 Å². The molecule has 0 aliphatic carbocycles. The van der Waals surface area contributed by atoms with Crippen LogP contribution in [0, 0.1) is 6.92 Å². The minimum atomic E-state index is 0.225. The van der Waals surface area contributed by atoms with Crippen molar-refractivity contribution in [3.8, 4) is 0 Å². The van der Waals surface area contributed by atoms with Crippen LogP contribution in [0.5, 0.6) is 0 Å². The first-order chi connectivity index (χ1) is 5.96.